The predicted octanol–water partition coefficient (Wildman–Crippen LogP) is 2.50. The van der Waals surface area contributed by atoms with Crippen LogP contribution in [0.3, 0.4) is 0 Å². The monoisotopic (exact) mass is 387 g/mol. The van der Waals surface area contributed by atoms with Crippen LogP contribution >= 0.6 is 0 Å². The fourth-order valence-corrected chi connectivity index (χ4v) is 2.70. The standard InChI is InChI=1S/C21H8F3N5/c1-10(2)11-3-12(5-25)17(13(4-11)6-26)16(9-29)18-19(22)14(7-27)15(8-28)20(23)21(18)24/h3-4H,1-2H3. The van der Waals surface area contributed by atoms with Crippen molar-refractivity contribution in [3.05, 3.63) is 67.8 Å². The number of hydrogen-bond acceptors (Lipinski definition) is 5. The molecule has 2 aromatic carbocycles. The molecule has 0 fully saturated rings. The Morgan fingerprint density at radius 1 is 0.724 bits per heavy atom. The Morgan fingerprint density at radius 3 is 1.59 bits per heavy atom. The van der Waals surface area contributed by atoms with Gasteiger partial charge in [-0.15, -0.1) is 0 Å². The summed E-state index contributed by atoms with van der Waals surface area (Å²) in [6.07, 6.45) is 0. The first-order valence-electron chi connectivity index (χ1n) is 7.84. The van der Waals surface area contributed by atoms with Crippen molar-refractivity contribution in [1.29, 1.82) is 26.3 Å². The molecule has 0 heterocycles. The average molecular weight is 387 g/mol. The third kappa shape index (κ3) is 3.26. The van der Waals surface area contributed by atoms with E-state index in [0.29, 0.717) is 5.22 Å². The number of benzene rings is 2. The molecule has 0 N–H and O–H groups in total. The third-order valence-corrected chi connectivity index (χ3v) is 4.11. The van der Waals surface area contributed by atoms with Gasteiger partial charge in [0, 0.05) is 5.22 Å². The highest BCUT2D eigenvalue weighted by Gasteiger charge is 2.28. The lowest BCUT2D eigenvalue weighted by Crippen LogP contribution is -2.23. The molecule has 0 bridgehead atoms. The Labute approximate surface area is 163 Å². The molecule has 0 amide bonds. The van der Waals surface area contributed by atoms with Crippen LogP contribution in [0.25, 0.3) is 11.1 Å². The van der Waals surface area contributed by atoms with Crippen molar-refractivity contribution >= 4 is 11.1 Å². The van der Waals surface area contributed by atoms with Gasteiger partial charge in [0.15, 0.2) is 17.5 Å². The highest BCUT2D eigenvalue weighted by molar-refractivity contribution is 5.81. The van der Waals surface area contributed by atoms with Crippen LogP contribution in [-0.2, 0) is 0 Å². The van der Waals surface area contributed by atoms with Crippen molar-refractivity contribution in [3.63, 3.8) is 0 Å². The summed E-state index contributed by atoms with van der Waals surface area (Å²) in [5.41, 5.74) is -4.03. The number of nitrogens with zero attached hydrogens (tertiary/aromatic N) is 5. The van der Waals surface area contributed by atoms with Crippen molar-refractivity contribution in [2.45, 2.75) is 13.8 Å². The van der Waals surface area contributed by atoms with E-state index in [1.165, 1.54) is 30.3 Å². The molecule has 2 aromatic rings. The van der Waals surface area contributed by atoms with Crippen LogP contribution in [0.2, 0.25) is 0 Å². The van der Waals surface area contributed by atoms with Gasteiger partial charge in [0.2, 0.25) is 0 Å². The Hall–Kier alpha value is -4.58. The molecule has 0 spiro atoms. The molecule has 0 aromatic heterocycles. The highest BCUT2D eigenvalue weighted by atomic mass is 19.2. The van der Waals surface area contributed by atoms with Crippen LogP contribution < -0.4 is 10.4 Å². The second-order valence-corrected chi connectivity index (χ2v) is 5.95. The van der Waals surface area contributed by atoms with Gasteiger partial charge in [0.25, 0.3) is 0 Å². The van der Waals surface area contributed by atoms with Gasteiger partial charge in [-0.25, -0.2) is 13.2 Å². The zero-order valence-electron chi connectivity index (χ0n) is 15.0. The quantitative estimate of drug-likeness (QED) is 0.697. The Balaban J connectivity index is 3.30. The fourth-order valence-electron chi connectivity index (χ4n) is 2.70. The molecule has 0 saturated heterocycles. The van der Waals surface area contributed by atoms with E-state index in [1.54, 1.807) is 26.0 Å². The Bertz CT molecular complexity index is 1360. The van der Waals surface area contributed by atoms with Crippen LogP contribution in [0, 0.1) is 74.1 Å². The van der Waals surface area contributed by atoms with E-state index in [-0.39, 0.29) is 11.1 Å². The molecule has 0 atom stereocenters. The molecular weight excluding hydrogens is 379 g/mol. The second-order valence-electron chi connectivity index (χ2n) is 5.95. The van der Waals surface area contributed by atoms with E-state index >= 15 is 0 Å². The van der Waals surface area contributed by atoms with Crippen LogP contribution in [0.1, 0.15) is 41.7 Å². The van der Waals surface area contributed by atoms with Gasteiger partial charge in [0.1, 0.15) is 29.3 Å². The predicted molar refractivity (Wildman–Crippen MR) is 93.7 cm³/mol. The molecular formula is C21H8F3N5. The minimum atomic E-state index is -1.87. The molecule has 29 heavy (non-hydrogen) atoms. The summed E-state index contributed by atoms with van der Waals surface area (Å²) in [6.45, 7) is 3.42. The molecule has 5 nitrogen and oxygen atoms in total. The van der Waals surface area contributed by atoms with Gasteiger partial charge in [-0.2, -0.15) is 26.3 Å². The smallest absolute Gasteiger partial charge is 0.178 e. The second kappa shape index (κ2) is 7.98. The van der Waals surface area contributed by atoms with E-state index in [0.717, 1.165) is 5.57 Å². The van der Waals surface area contributed by atoms with Crippen molar-refractivity contribution in [2.24, 2.45) is 0 Å². The van der Waals surface area contributed by atoms with Gasteiger partial charge < -0.3 is 0 Å². The Morgan fingerprint density at radius 2 is 1.21 bits per heavy atom. The zero-order chi connectivity index (χ0) is 21.9. The van der Waals surface area contributed by atoms with Crippen molar-refractivity contribution in [2.75, 3.05) is 0 Å². The molecule has 2 rings (SSSR count). The lowest BCUT2D eigenvalue weighted by molar-refractivity contribution is 0.488. The minimum Gasteiger partial charge on any atom is -0.205 e. The maximum atomic E-state index is 14.8. The van der Waals surface area contributed by atoms with Gasteiger partial charge >= 0.3 is 0 Å². The lowest BCUT2D eigenvalue weighted by atomic mass is 9.93. The van der Waals surface area contributed by atoms with Gasteiger partial charge in [0.05, 0.1) is 34.4 Å². The first-order chi connectivity index (χ1) is 13.8. The lowest BCUT2D eigenvalue weighted by Gasteiger charge is -2.10. The van der Waals surface area contributed by atoms with E-state index in [2.05, 4.69) is 0 Å². The zero-order valence-corrected chi connectivity index (χ0v) is 15.0. The number of nitriles is 5. The highest BCUT2D eigenvalue weighted by Crippen LogP contribution is 2.28. The first-order valence-corrected chi connectivity index (χ1v) is 7.84. The summed E-state index contributed by atoms with van der Waals surface area (Å²) in [5, 5.41) is 46.5. The number of rotatable bonds is 1. The number of halogens is 3. The molecule has 0 aliphatic rings. The maximum absolute atomic E-state index is 14.8. The van der Waals surface area contributed by atoms with Crippen molar-refractivity contribution in [3.8, 4) is 30.3 Å². The SMILES string of the molecule is CC(C)=c1cc(C#N)c(=C(C#N)c2c(F)c(F)c(C#N)c(C#N)c2F)c(C#N)c1. The van der Waals surface area contributed by atoms with Crippen LogP contribution in [0.15, 0.2) is 12.1 Å². The van der Waals surface area contributed by atoms with Crippen LogP contribution in [0.5, 0.6) is 0 Å². The summed E-state index contributed by atoms with van der Waals surface area (Å²) in [7, 11) is 0. The van der Waals surface area contributed by atoms with Gasteiger partial charge in [-0.1, -0.05) is 5.57 Å². The minimum absolute atomic E-state index is 0.237. The summed E-state index contributed by atoms with van der Waals surface area (Å²) in [6, 6.07) is 10.2. The van der Waals surface area contributed by atoms with E-state index in [1.807, 2.05) is 0 Å². The average Bonchev–Trinajstić information content (AvgIpc) is 2.72. The first kappa shape index (κ1) is 20.7. The van der Waals surface area contributed by atoms with E-state index in [9.17, 15) is 29.0 Å². The largest absolute Gasteiger partial charge is 0.205 e. The number of hydrogen-bond donors (Lipinski definition) is 0. The molecule has 0 saturated carbocycles. The molecule has 0 aliphatic carbocycles. The third-order valence-electron chi connectivity index (χ3n) is 4.11. The fraction of sp³-hybridized carbons (Fsp3) is 0.0952. The van der Waals surface area contributed by atoms with Gasteiger partial charge in [-0.3, -0.25) is 0 Å². The molecule has 0 unspecified atom stereocenters. The molecule has 0 radical (unpaired) electrons. The van der Waals surface area contributed by atoms with E-state index < -0.39 is 44.9 Å². The Kier molecular flexibility index (Phi) is 5.70. The summed E-state index contributed by atoms with van der Waals surface area (Å²) >= 11 is 0. The van der Waals surface area contributed by atoms with Crippen molar-refractivity contribution < 1.29 is 13.2 Å². The molecule has 8 heteroatoms. The van der Waals surface area contributed by atoms with Crippen LogP contribution in [0.4, 0.5) is 13.2 Å². The normalized spacial score (nSPS) is 9.38. The van der Waals surface area contributed by atoms with Crippen molar-refractivity contribution in [1.82, 2.24) is 0 Å². The topological polar surface area (TPSA) is 119 Å². The maximum Gasteiger partial charge on any atom is 0.178 e. The molecule has 138 valence electrons. The molecule has 0 aliphatic heterocycles. The summed E-state index contributed by atoms with van der Waals surface area (Å²) < 4.78 is 43.7. The summed E-state index contributed by atoms with van der Waals surface area (Å²) in [4.78, 5) is 0. The van der Waals surface area contributed by atoms with Crippen LogP contribution in [-0.4, -0.2) is 0 Å². The summed E-state index contributed by atoms with van der Waals surface area (Å²) in [5.74, 6) is -5.31. The van der Waals surface area contributed by atoms with E-state index in [4.69, 9.17) is 10.5 Å². The van der Waals surface area contributed by atoms with Gasteiger partial charge in [-0.05, 0) is 31.2 Å².